The molecule has 0 radical (unpaired) electrons. The van der Waals surface area contributed by atoms with Crippen molar-refractivity contribution in [1.82, 2.24) is 15.0 Å². The van der Waals surface area contributed by atoms with Gasteiger partial charge in [-0.2, -0.15) is 0 Å². The molecule has 2 aromatic carbocycles. The zero-order valence-corrected chi connectivity index (χ0v) is 12.2. The third kappa shape index (κ3) is 1.99. The van der Waals surface area contributed by atoms with Crippen LogP contribution in [-0.4, -0.2) is 15.0 Å². The molecular formula is C17H19N3. The molecule has 3 heteroatoms. The first-order valence-corrected chi connectivity index (χ1v) is 7.03. The zero-order valence-electron chi connectivity index (χ0n) is 12.2. The second kappa shape index (κ2) is 4.75. The maximum atomic E-state index is 4.37. The number of hydrogen-bond donors (Lipinski definition) is 0. The Morgan fingerprint density at radius 3 is 2.65 bits per heavy atom. The molecule has 0 unspecified atom stereocenters. The average Bonchev–Trinajstić information content (AvgIpc) is 2.92. The van der Waals surface area contributed by atoms with Gasteiger partial charge in [0.25, 0.3) is 0 Å². The van der Waals surface area contributed by atoms with Gasteiger partial charge in [0.1, 0.15) is 5.52 Å². The second-order valence-electron chi connectivity index (χ2n) is 5.60. The highest BCUT2D eigenvalue weighted by molar-refractivity contribution is 5.74. The first-order chi connectivity index (χ1) is 9.63. The first-order valence-electron chi connectivity index (χ1n) is 7.03. The van der Waals surface area contributed by atoms with Gasteiger partial charge in [-0.05, 0) is 43.5 Å². The highest BCUT2D eigenvalue weighted by Gasteiger charge is 2.26. The number of rotatable bonds is 3. The third-order valence-corrected chi connectivity index (χ3v) is 3.92. The highest BCUT2D eigenvalue weighted by Crippen LogP contribution is 2.28. The standard InChI is InChI=1S/C17H19N3/c1-4-13-8-7-9-14(12-13)17(2,3)20-16-11-6-5-10-15(16)18-19-20/h5-12H,4H2,1-3H3. The summed E-state index contributed by atoms with van der Waals surface area (Å²) in [4.78, 5) is 0. The molecule has 0 N–H and O–H groups in total. The predicted octanol–water partition coefficient (Wildman–Crippen LogP) is 3.78. The fraction of sp³-hybridized carbons (Fsp3) is 0.294. The van der Waals surface area contributed by atoms with E-state index in [1.165, 1.54) is 11.1 Å². The molecule has 0 fully saturated rings. The van der Waals surface area contributed by atoms with Gasteiger partial charge in [0.2, 0.25) is 0 Å². The Morgan fingerprint density at radius 1 is 1.05 bits per heavy atom. The van der Waals surface area contributed by atoms with Crippen LogP contribution >= 0.6 is 0 Å². The minimum atomic E-state index is -0.221. The van der Waals surface area contributed by atoms with Gasteiger partial charge in [0.15, 0.2) is 0 Å². The Labute approximate surface area is 119 Å². The van der Waals surface area contributed by atoms with Crippen molar-refractivity contribution in [3.63, 3.8) is 0 Å². The molecule has 0 aliphatic carbocycles. The van der Waals surface area contributed by atoms with Crippen molar-refractivity contribution in [2.45, 2.75) is 32.7 Å². The molecular weight excluding hydrogens is 246 g/mol. The minimum Gasteiger partial charge on any atom is -0.235 e. The molecule has 20 heavy (non-hydrogen) atoms. The van der Waals surface area contributed by atoms with Crippen molar-refractivity contribution in [1.29, 1.82) is 0 Å². The monoisotopic (exact) mass is 265 g/mol. The van der Waals surface area contributed by atoms with Crippen LogP contribution in [0.2, 0.25) is 0 Å². The topological polar surface area (TPSA) is 30.7 Å². The fourth-order valence-electron chi connectivity index (χ4n) is 2.58. The van der Waals surface area contributed by atoms with Crippen LogP contribution in [0.5, 0.6) is 0 Å². The summed E-state index contributed by atoms with van der Waals surface area (Å²) >= 11 is 0. The largest absolute Gasteiger partial charge is 0.235 e. The number of fused-ring (bicyclic) bond motifs is 1. The summed E-state index contributed by atoms with van der Waals surface area (Å²) in [7, 11) is 0. The molecule has 0 aliphatic rings. The van der Waals surface area contributed by atoms with Crippen LogP contribution in [0.1, 0.15) is 31.9 Å². The maximum Gasteiger partial charge on any atom is 0.113 e. The molecule has 1 aromatic heterocycles. The van der Waals surface area contributed by atoms with E-state index >= 15 is 0 Å². The number of aryl methyl sites for hydroxylation is 1. The van der Waals surface area contributed by atoms with E-state index in [0.717, 1.165) is 17.5 Å². The van der Waals surface area contributed by atoms with Crippen LogP contribution in [0, 0.1) is 0 Å². The summed E-state index contributed by atoms with van der Waals surface area (Å²) in [5, 5.41) is 8.63. The lowest BCUT2D eigenvalue weighted by Crippen LogP contribution is -2.29. The smallest absolute Gasteiger partial charge is 0.113 e. The van der Waals surface area contributed by atoms with E-state index < -0.39 is 0 Å². The summed E-state index contributed by atoms with van der Waals surface area (Å²) < 4.78 is 2.01. The van der Waals surface area contributed by atoms with Gasteiger partial charge < -0.3 is 0 Å². The zero-order chi connectivity index (χ0) is 14.2. The first kappa shape index (κ1) is 12.9. The summed E-state index contributed by atoms with van der Waals surface area (Å²) in [5.74, 6) is 0. The summed E-state index contributed by atoms with van der Waals surface area (Å²) in [5.41, 5.74) is 4.39. The van der Waals surface area contributed by atoms with Crippen molar-refractivity contribution in [3.05, 3.63) is 59.7 Å². The Hall–Kier alpha value is -2.16. The Morgan fingerprint density at radius 2 is 1.85 bits per heavy atom. The van der Waals surface area contributed by atoms with E-state index in [2.05, 4.69) is 61.4 Å². The second-order valence-corrected chi connectivity index (χ2v) is 5.60. The summed E-state index contributed by atoms with van der Waals surface area (Å²) in [6.45, 7) is 6.54. The minimum absolute atomic E-state index is 0.221. The number of benzene rings is 2. The van der Waals surface area contributed by atoms with Crippen molar-refractivity contribution < 1.29 is 0 Å². The SMILES string of the molecule is CCc1cccc(C(C)(C)n2nnc3ccccc32)c1. The lowest BCUT2D eigenvalue weighted by Gasteiger charge is -2.26. The van der Waals surface area contributed by atoms with Crippen LogP contribution in [0.4, 0.5) is 0 Å². The molecule has 0 aliphatic heterocycles. The van der Waals surface area contributed by atoms with E-state index in [9.17, 15) is 0 Å². The molecule has 1 heterocycles. The molecule has 0 saturated heterocycles. The van der Waals surface area contributed by atoms with E-state index in [0.29, 0.717) is 0 Å². The van der Waals surface area contributed by atoms with Crippen molar-refractivity contribution in [3.8, 4) is 0 Å². The average molecular weight is 265 g/mol. The number of aromatic nitrogens is 3. The van der Waals surface area contributed by atoms with Crippen molar-refractivity contribution >= 4 is 11.0 Å². The Balaban J connectivity index is 2.15. The quantitative estimate of drug-likeness (QED) is 0.721. The number of nitrogens with zero attached hydrogens (tertiary/aromatic N) is 3. The fourth-order valence-corrected chi connectivity index (χ4v) is 2.58. The van der Waals surface area contributed by atoms with Gasteiger partial charge in [0.05, 0.1) is 11.1 Å². The molecule has 0 saturated carbocycles. The van der Waals surface area contributed by atoms with Crippen LogP contribution in [-0.2, 0) is 12.0 Å². The molecule has 3 aromatic rings. The normalized spacial score (nSPS) is 11.9. The predicted molar refractivity (Wildman–Crippen MR) is 81.8 cm³/mol. The molecule has 102 valence electrons. The molecule has 0 spiro atoms. The molecule has 0 amide bonds. The summed E-state index contributed by atoms with van der Waals surface area (Å²) in [6.07, 6.45) is 1.04. The van der Waals surface area contributed by atoms with E-state index in [-0.39, 0.29) is 5.54 Å². The Bertz CT molecular complexity index is 741. The van der Waals surface area contributed by atoms with Crippen LogP contribution in [0.15, 0.2) is 48.5 Å². The maximum absolute atomic E-state index is 4.37. The lowest BCUT2D eigenvalue weighted by atomic mass is 9.92. The van der Waals surface area contributed by atoms with Crippen molar-refractivity contribution in [2.75, 3.05) is 0 Å². The van der Waals surface area contributed by atoms with Crippen LogP contribution in [0.25, 0.3) is 11.0 Å². The van der Waals surface area contributed by atoms with Gasteiger partial charge in [0, 0.05) is 0 Å². The number of hydrogen-bond acceptors (Lipinski definition) is 2. The molecule has 0 atom stereocenters. The summed E-state index contributed by atoms with van der Waals surface area (Å²) in [6, 6.07) is 16.8. The van der Waals surface area contributed by atoms with Gasteiger partial charge in [-0.15, -0.1) is 5.10 Å². The lowest BCUT2D eigenvalue weighted by molar-refractivity contribution is 0.393. The molecule has 3 nitrogen and oxygen atoms in total. The van der Waals surface area contributed by atoms with Gasteiger partial charge in [-0.25, -0.2) is 4.68 Å². The van der Waals surface area contributed by atoms with Gasteiger partial charge in [-0.1, -0.05) is 48.5 Å². The van der Waals surface area contributed by atoms with Gasteiger partial charge in [-0.3, -0.25) is 0 Å². The third-order valence-electron chi connectivity index (χ3n) is 3.92. The molecule has 0 bridgehead atoms. The van der Waals surface area contributed by atoms with E-state index in [1.54, 1.807) is 0 Å². The Kier molecular flexibility index (Phi) is 3.05. The van der Waals surface area contributed by atoms with Crippen LogP contribution < -0.4 is 0 Å². The van der Waals surface area contributed by atoms with E-state index in [1.807, 2.05) is 22.9 Å². The van der Waals surface area contributed by atoms with Gasteiger partial charge >= 0.3 is 0 Å². The molecule has 3 rings (SSSR count). The highest BCUT2D eigenvalue weighted by atomic mass is 15.4. The van der Waals surface area contributed by atoms with Crippen LogP contribution in [0.3, 0.4) is 0 Å². The van der Waals surface area contributed by atoms with E-state index in [4.69, 9.17) is 0 Å². The number of para-hydroxylation sites is 1. The van der Waals surface area contributed by atoms with Crippen molar-refractivity contribution in [2.24, 2.45) is 0 Å².